The first-order valence-corrected chi connectivity index (χ1v) is 9.33. The molecule has 0 aliphatic carbocycles. The molecule has 1 aromatic heterocycles. The van der Waals surface area contributed by atoms with Crippen LogP contribution < -0.4 is 5.32 Å². The molecule has 1 aliphatic rings. The molecule has 1 aliphatic heterocycles. The summed E-state index contributed by atoms with van der Waals surface area (Å²) < 4.78 is 0. The summed E-state index contributed by atoms with van der Waals surface area (Å²) in [5.74, 6) is 0. The van der Waals surface area contributed by atoms with Gasteiger partial charge >= 0.3 is 0 Å². The zero-order chi connectivity index (χ0) is 16.1. The number of nitrogens with one attached hydrogen (secondary N) is 1. The van der Waals surface area contributed by atoms with Crippen molar-refractivity contribution in [3.8, 4) is 0 Å². The monoisotopic (exact) mass is 330 g/mol. The number of rotatable bonds is 6. The third-order valence-corrected chi connectivity index (χ3v) is 5.05. The second kappa shape index (κ2) is 7.90. The van der Waals surface area contributed by atoms with E-state index in [9.17, 15) is 0 Å². The van der Waals surface area contributed by atoms with Crippen molar-refractivity contribution in [2.75, 3.05) is 38.0 Å². The molecule has 124 valence electrons. The first kappa shape index (κ1) is 16.4. The molecule has 0 amide bonds. The second-order valence-electron chi connectivity index (χ2n) is 6.25. The zero-order valence-corrected chi connectivity index (χ0v) is 14.9. The number of piperazine rings is 1. The Bertz CT molecular complexity index is 600. The van der Waals surface area contributed by atoms with Gasteiger partial charge in [-0.1, -0.05) is 24.6 Å². The van der Waals surface area contributed by atoms with Crippen molar-refractivity contribution in [3.63, 3.8) is 0 Å². The number of thiazole rings is 1. The highest BCUT2D eigenvalue weighted by Crippen LogP contribution is 2.22. The Hall–Kier alpha value is -1.43. The average Bonchev–Trinajstić information content (AvgIpc) is 2.99. The predicted octanol–water partition coefficient (Wildman–Crippen LogP) is 3.72. The molecular formula is C18H26N4S. The van der Waals surface area contributed by atoms with Crippen molar-refractivity contribution in [1.82, 2.24) is 14.8 Å². The lowest BCUT2D eigenvalue weighted by atomic mass is 10.2. The molecule has 4 nitrogen and oxygen atoms in total. The molecule has 1 aromatic carbocycles. The molecule has 0 atom stereocenters. The molecule has 3 rings (SSSR count). The maximum Gasteiger partial charge on any atom is 0.187 e. The van der Waals surface area contributed by atoms with Crippen LogP contribution in [-0.2, 0) is 6.54 Å². The summed E-state index contributed by atoms with van der Waals surface area (Å²) in [6.45, 7) is 11.2. The Balaban J connectivity index is 1.50. The highest BCUT2D eigenvalue weighted by Gasteiger charge is 2.17. The summed E-state index contributed by atoms with van der Waals surface area (Å²) in [5.41, 5.74) is 3.55. The van der Waals surface area contributed by atoms with Crippen molar-refractivity contribution in [3.05, 3.63) is 40.9 Å². The van der Waals surface area contributed by atoms with Crippen LogP contribution in [0.3, 0.4) is 0 Å². The van der Waals surface area contributed by atoms with Crippen LogP contribution in [0.1, 0.15) is 24.6 Å². The smallest absolute Gasteiger partial charge is 0.187 e. The maximum atomic E-state index is 4.73. The van der Waals surface area contributed by atoms with Gasteiger partial charge in [-0.3, -0.25) is 4.90 Å². The molecule has 1 fully saturated rings. The number of aromatic nitrogens is 1. The van der Waals surface area contributed by atoms with Crippen LogP contribution >= 0.6 is 11.3 Å². The fourth-order valence-corrected chi connectivity index (χ4v) is 3.64. The van der Waals surface area contributed by atoms with E-state index in [4.69, 9.17) is 4.98 Å². The van der Waals surface area contributed by atoms with Crippen molar-refractivity contribution in [1.29, 1.82) is 0 Å². The van der Waals surface area contributed by atoms with E-state index in [-0.39, 0.29) is 0 Å². The van der Waals surface area contributed by atoms with Gasteiger partial charge in [-0.25, -0.2) is 4.98 Å². The SMILES string of the molecule is CCCN1CCN(Cc2csc(Nc3ccc(C)cc3)n2)CC1. The van der Waals surface area contributed by atoms with Gasteiger partial charge < -0.3 is 10.2 Å². The Morgan fingerprint density at radius 2 is 1.78 bits per heavy atom. The van der Waals surface area contributed by atoms with E-state index in [0.29, 0.717) is 0 Å². The lowest BCUT2D eigenvalue weighted by molar-refractivity contribution is 0.126. The zero-order valence-electron chi connectivity index (χ0n) is 14.1. The highest BCUT2D eigenvalue weighted by molar-refractivity contribution is 7.13. The minimum Gasteiger partial charge on any atom is -0.332 e. The summed E-state index contributed by atoms with van der Waals surface area (Å²) in [6, 6.07) is 8.44. The molecule has 2 aromatic rings. The maximum absolute atomic E-state index is 4.73. The molecule has 0 unspecified atom stereocenters. The molecular weight excluding hydrogens is 304 g/mol. The molecule has 2 heterocycles. The Labute approximate surface area is 143 Å². The molecule has 0 spiro atoms. The lowest BCUT2D eigenvalue weighted by Gasteiger charge is -2.34. The fourth-order valence-electron chi connectivity index (χ4n) is 2.91. The quantitative estimate of drug-likeness (QED) is 0.874. The minimum atomic E-state index is 0.964. The summed E-state index contributed by atoms with van der Waals surface area (Å²) in [6.07, 6.45) is 1.25. The van der Waals surface area contributed by atoms with Crippen molar-refractivity contribution >= 4 is 22.2 Å². The third kappa shape index (κ3) is 4.77. The van der Waals surface area contributed by atoms with Crippen molar-refractivity contribution < 1.29 is 0 Å². The Morgan fingerprint density at radius 3 is 2.48 bits per heavy atom. The summed E-state index contributed by atoms with van der Waals surface area (Å²) in [4.78, 5) is 9.80. The number of anilines is 2. The standard InChI is InChI=1S/C18H26N4S/c1-3-8-21-9-11-22(12-10-21)13-17-14-23-18(20-17)19-16-6-4-15(2)5-7-16/h4-7,14H,3,8-13H2,1-2H3,(H,19,20). The highest BCUT2D eigenvalue weighted by atomic mass is 32.1. The summed E-state index contributed by atoms with van der Waals surface area (Å²) in [5, 5.41) is 6.55. The first-order chi connectivity index (χ1) is 11.2. The van der Waals surface area contributed by atoms with Gasteiger partial charge in [0.15, 0.2) is 5.13 Å². The Morgan fingerprint density at radius 1 is 1.09 bits per heavy atom. The van der Waals surface area contributed by atoms with E-state index in [1.54, 1.807) is 11.3 Å². The molecule has 23 heavy (non-hydrogen) atoms. The van der Waals surface area contributed by atoms with Crippen LogP contribution in [0.25, 0.3) is 0 Å². The van der Waals surface area contributed by atoms with E-state index in [0.717, 1.165) is 30.5 Å². The lowest BCUT2D eigenvalue weighted by Crippen LogP contribution is -2.46. The summed E-state index contributed by atoms with van der Waals surface area (Å²) in [7, 11) is 0. The van der Waals surface area contributed by atoms with Gasteiger partial charge in [0.05, 0.1) is 5.69 Å². The van der Waals surface area contributed by atoms with Gasteiger partial charge in [-0.15, -0.1) is 11.3 Å². The van der Waals surface area contributed by atoms with E-state index in [1.807, 2.05) is 0 Å². The fraction of sp³-hybridized carbons (Fsp3) is 0.500. The third-order valence-electron chi connectivity index (χ3n) is 4.24. The van der Waals surface area contributed by atoms with Gasteiger partial charge in [0.2, 0.25) is 0 Å². The topological polar surface area (TPSA) is 31.4 Å². The molecule has 1 N–H and O–H groups in total. The van der Waals surface area contributed by atoms with Crippen LogP contribution in [-0.4, -0.2) is 47.5 Å². The molecule has 0 saturated carbocycles. The number of benzene rings is 1. The van der Waals surface area contributed by atoms with E-state index in [2.05, 4.69) is 58.6 Å². The molecule has 5 heteroatoms. The van der Waals surface area contributed by atoms with Crippen LogP contribution in [0.15, 0.2) is 29.6 Å². The van der Waals surface area contributed by atoms with Crippen molar-refractivity contribution in [2.45, 2.75) is 26.8 Å². The van der Waals surface area contributed by atoms with Gasteiger partial charge in [-0.2, -0.15) is 0 Å². The first-order valence-electron chi connectivity index (χ1n) is 8.46. The van der Waals surface area contributed by atoms with E-state index in [1.165, 1.54) is 37.3 Å². The van der Waals surface area contributed by atoms with Gasteiger partial charge in [0.25, 0.3) is 0 Å². The van der Waals surface area contributed by atoms with Crippen LogP contribution in [0.4, 0.5) is 10.8 Å². The van der Waals surface area contributed by atoms with E-state index >= 15 is 0 Å². The average molecular weight is 331 g/mol. The Kier molecular flexibility index (Phi) is 5.65. The number of hydrogen-bond acceptors (Lipinski definition) is 5. The van der Waals surface area contributed by atoms with Crippen molar-refractivity contribution in [2.24, 2.45) is 0 Å². The summed E-state index contributed by atoms with van der Waals surface area (Å²) >= 11 is 1.69. The largest absolute Gasteiger partial charge is 0.332 e. The molecule has 1 saturated heterocycles. The predicted molar refractivity (Wildman–Crippen MR) is 98.6 cm³/mol. The van der Waals surface area contributed by atoms with Gasteiger partial charge in [-0.05, 0) is 32.0 Å². The number of hydrogen-bond donors (Lipinski definition) is 1. The number of nitrogens with zero attached hydrogens (tertiary/aromatic N) is 3. The van der Waals surface area contributed by atoms with Gasteiger partial charge in [0.1, 0.15) is 0 Å². The van der Waals surface area contributed by atoms with Crippen LogP contribution in [0, 0.1) is 6.92 Å². The molecule has 0 bridgehead atoms. The molecule has 0 radical (unpaired) electrons. The van der Waals surface area contributed by atoms with Crippen LogP contribution in [0.2, 0.25) is 0 Å². The normalized spacial score (nSPS) is 16.6. The van der Waals surface area contributed by atoms with Gasteiger partial charge in [0, 0.05) is 43.8 Å². The minimum absolute atomic E-state index is 0.964. The second-order valence-corrected chi connectivity index (χ2v) is 7.11. The number of aryl methyl sites for hydroxylation is 1. The van der Waals surface area contributed by atoms with Crippen LogP contribution in [0.5, 0.6) is 0 Å². The van der Waals surface area contributed by atoms with E-state index < -0.39 is 0 Å².